The van der Waals surface area contributed by atoms with Crippen molar-refractivity contribution in [2.24, 2.45) is 7.05 Å². The third kappa shape index (κ3) is 2.91. The van der Waals surface area contributed by atoms with E-state index in [1.807, 2.05) is 39.2 Å². The van der Waals surface area contributed by atoms with Crippen LogP contribution in [0.4, 0.5) is 0 Å². The molecule has 0 aliphatic carbocycles. The first-order chi connectivity index (χ1) is 12.8. The van der Waals surface area contributed by atoms with Crippen molar-refractivity contribution in [3.8, 4) is 5.95 Å². The summed E-state index contributed by atoms with van der Waals surface area (Å²) in [5.74, 6) is 0.538. The molecule has 0 aromatic carbocycles. The first-order valence-electron chi connectivity index (χ1n) is 9.14. The van der Waals surface area contributed by atoms with Crippen LogP contribution in [0, 0.1) is 20.8 Å². The summed E-state index contributed by atoms with van der Waals surface area (Å²) in [5, 5.41) is 4.57. The van der Waals surface area contributed by atoms with E-state index in [9.17, 15) is 9.59 Å². The van der Waals surface area contributed by atoms with E-state index in [1.54, 1.807) is 11.7 Å². The highest BCUT2D eigenvalue weighted by Gasteiger charge is 2.22. The maximum Gasteiger partial charge on any atom is 0.332 e. The van der Waals surface area contributed by atoms with Gasteiger partial charge in [-0.1, -0.05) is 0 Å². The highest BCUT2D eigenvalue weighted by molar-refractivity contribution is 5.72. The number of ether oxygens (including phenoxy) is 1. The topological polar surface area (TPSA) is 88.9 Å². The fraction of sp³-hybridized carbons (Fsp3) is 0.556. The van der Waals surface area contributed by atoms with E-state index in [2.05, 4.69) is 10.1 Å². The number of imidazole rings is 1. The van der Waals surface area contributed by atoms with E-state index in [0.29, 0.717) is 36.9 Å². The number of hydrogen-bond donors (Lipinski definition) is 0. The average Bonchev–Trinajstić information content (AvgIpc) is 3.15. The quantitative estimate of drug-likeness (QED) is 0.602. The van der Waals surface area contributed by atoms with Gasteiger partial charge in [0.05, 0.1) is 18.8 Å². The standard InChI is InChI=1S/C18H26N6O3/c1-7-22-14-15(19-17(22)24-13(5)11(3)12(4)20-24)21(6)18(26)23(16(14)25)9-10-27-8-2/h7-10H2,1-6H3. The van der Waals surface area contributed by atoms with Gasteiger partial charge in [-0.25, -0.2) is 9.48 Å². The van der Waals surface area contributed by atoms with Crippen molar-refractivity contribution in [2.45, 2.75) is 47.7 Å². The number of aryl methyl sites for hydroxylation is 3. The van der Waals surface area contributed by atoms with E-state index in [-0.39, 0.29) is 12.1 Å². The van der Waals surface area contributed by atoms with Crippen molar-refractivity contribution in [1.29, 1.82) is 0 Å². The Bertz CT molecular complexity index is 1120. The molecule has 3 aromatic rings. The van der Waals surface area contributed by atoms with E-state index in [4.69, 9.17) is 4.74 Å². The van der Waals surface area contributed by atoms with Crippen LogP contribution in [0.1, 0.15) is 30.8 Å². The van der Waals surface area contributed by atoms with Crippen LogP contribution in [-0.2, 0) is 24.9 Å². The molecule has 146 valence electrons. The van der Waals surface area contributed by atoms with Crippen molar-refractivity contribution in [3.05, 3.63) is 37.8 Å². The van der Waals surface area contributed by atoms with Crippen LogP contribution in [0.15, 0.2) is 9.59 Å². The minimum atomic E-state index is -0.399. The molecule has 9 heteroatoms. The molecular weight excluding hydrogens is 348 g/mol. The number of nitrogens with zero attached hydrogens (tertiary/aromatic N) is 6. The zero-order valence-electron chi connectivity index (χ0n) is 16.7. The molecule has 0 saturated heterocycles. The molecule has 3 aromatic heterocycles. The summed E-state index contributed by atoms with van der Waals surface area (Å²) in [4.78, 5) is 30.4. The van der Waals surface area contributed by atoms with Gasteiger partial charge in [-0.2, -0.15) is 10.1 Å². The Balaban J connectivity index is 2.32. The molecule has 0 N–H and O–H groups in total. The molecule has 0 aliphatic rings. The molecule has 0 spiro atoms. The molecule has 0 amide bonds. The fourth-order valence-corrected chi connectivity index (χ4v) is 3.23. The molecule has 0 aliphatic heterocycles. The number of hydrogen-bond acceptors (Lipinski definition) is 5. The van der Waals surface area contributed by atoms with E-state index in [1.165, 1.54) is 9.13 Å². The van der Waals surface area contributed by atoms with Crippen molar-refractivity contribution >= 4 is 11.2 Å². The first kappa shape index (κ1) is 19.1. The molecule has 0 bridgehead atoms. The van der Waals surface area contributed by atoms with Crippen molar-refractivity contribution in [1.82, 2.24) is 28.5 Å². The van der Waals surface area contributed by atoms with Crippen LogP contribution in [-0.4, -0.2) is 41.7 Å². The van der Waals surface area contributed by atoms with Crippen LogP contribution in [0.25, 0.3) is 17.1 Å². The molecular formula is C18H26N6O3. The summed E-state index contributed by atoms with van der Waals surface area (Å²) >= 11 is 0. The normalized spacial score (nSPS) is 11.6. The lowest BCUT2D eigenvalue weighted by atomic mass is 10.2. The zero-order chi connectivity index (χ0) is 19.9. The summed E-state index contributed by atoms with van der Waals surface area (Å²) in [7, 11) is 1.63. The van der Waals surface area contributed by atoms with E-state index in [0.717, 1.165) is 17.0 Å². The van der Waals surface area contributed by atoms with Gasteiger partial charge < -0.3 is 9.30 Å². The maximum absolute atomic E-state index is 13.1. The molecule has 27 heavy (non-hydrogen) atoms. The fourth-order valence-electron chi connectivity index (χ4n) is 3.23. The third-order valence-electron chi connectivity index (χ3n) is 5.03. The molecule has 3 heterocycles. The van der Waals surface area contributed by atoms with Gasteiger partial charge in [0, 0.05) is 25.9 Å². The Morgan fingerprint density at radius 2 is 1.78 bits per heavy atom. The highest BCUT2D eigenvalue weighted by Crippen LogP contribution is 2.19. The summed E-state index contributed by atoms with van der Waals surface area (Å²) in [6.45, 7) is 11.3. The smallest absolute Gasteiger partial charge is 0.332 e. The second-order valence-electron chi connectivity index (χ2n) is 6.53. The maximum atomic E-state index is 13.1. The average molecular weight is 374 g/mol. The Hall–Kier alpha value is -2.68. The van der Waals surface area contributed by atoms with Crippen LogP contribution in [0.3, 0.4) is 0 Å². The lowest BCUT2D eigenvalue weighted by molar-refractivity contribution is 0.137. The number of aromatic nitrogens is 6. The molecule has 9 nitrogen and oxygen atoms in total. The van der Waals surface area contributed by atoms with Gasteiger partial charge >= 0.3 is 5.69 Å². The Labute approximate surface area is 156 Å². The second-order valence-corrected chi connectivity index (χ2v) is 6.53. The minimum absolute atomic E-state index is 0.207. The Morgan fingerprint density at radius 1 is 1.07 bits per heavy atom. The van der Waals surface area contributed by atoms with Crippen LogP contribution in [0.5, 0.6) is 0 Å². The Morgan fingerprint density at radius 3 is 2.33 bits per heavy atom. The van der Waals surface area contributed by atoms with Gasteiger partial charge in [-0.05, 0) is 40.2 Å². The Kier molecular flexibility index (Phi) is 5.05. The van der Waals surface area contributed by atoms with Gasteiger partial charge in [0.25, 0.3) is 5.56 Å². The molecule has 0 radical (unpaired) electrons. The van der Waals surface area contributed by atoms with Crippen LogP contribution < -0.4 is 11.2 Å². The van der Waals surface area contributed by atoms with Gasteiger partial charge in [0.1, 0.15) is 0 Å². The predicted molar refractivity (Wildman–Crippen MR) is 103 cm³/mol. The summed E-state index contributed by atoms with van der Waals surface area (Å²) in [6, 6.07) is 0. The largest absolute Gasteiger partial charge is 0.380 e. The molecule has 0 saturated carbocycles. The molecule has 3 rings (SSSR count). The summed E-state index contributed by atoms with van der Waals surface area (Å²) < 4.78 is 11.5. The third-order valence-corrected chi connectivity index (χ3v) is 5.03. The first-order valence-corrected chi connectivity index (χ1v) is 9.14. The number of rotatable bonds is 6. The van der Waals surface area contributed by atoms with Crippen molar-refractivity contribution < 1.29 is 4.74 Å². The number of fused-ring (bicyclic) bond motifs is 1. The van der Waals surface area contributed by atoms with Crippen molar-refractivity contribution in [2.75, 3.05) is 13.2 Å². The second kappa shape index (κ2) is 7.15. The molecule has 0 unspecified atom stereocenters. The van der Waals surface area contributed by atoms with Gasteiger partial charge in [0.15, 0.2) is 11.2 Å². The van der Waals surface area contributed by atoms with Gasteiger partial charge in [-0.15, -0.1) is 0 Å². The monoisotopic (exact) mass is 374 g/mol. The van der Waals surface area contributed by atoms with Crippen LogP contribution in [0.2, 0.25) is 0 Å². The minimum Gasteiger partial charge on any atom is -0.380 e. The van der Waals surface area contributed by atoms with Gasteiger partial charge in [-0.3, -0.25) is 13.9 Å². The highest BCUT2D eigenvalue weighted by atomic mass is 16.5. The summed E-state index contributed by atoms with van der Waals surface area (Å²) in [6.07, 6.45) is 0. The molecule has 0 fully saturated rings. The predicted octanol–water partition coefficient (Wildman–Crippen LogP) is 1.06. The molecule has 0 atom stereocenters. The SMILES string of the molecule is CCOCCn1c(=O)c2c(nc(-n3nc(C)c(C)c3C)n2CC)n(C)c1=O. The lowest BCUT2D eigenvalue weighted by Gasteiger charge is -2.10. The van der Waals surface area contributed by atoms with Gasteiger partial charge in [0.2, 0.25) is 5.95 Å². The lowest BCUT2D eigenvalue weighted by Crippen LogP contribution is -2.40. The zero-order valence-corrected chi connectivity index (χ0v) is 16.7. The van der Waals surface area contributed by atoms with Crippen LogP contribution >= 0.6 is 0 Å². The van der Waals surface area contributed by atoms with E-state index < -0.39 is 5.69 Å². The summed E-state index contributed by atoms with van der Waals surface area (Å²) in [5.41, 5.74) is 2.95. The van der Waals surface area contributed by atoms with E-state index >= 15 is 0 Å². The van der Waals surface area contributed by atoms with Crippen molar-refractivity contribution in [3.63, 3.8) is 0 Å².